The molecule has 1 N–H and O–H groups in total. The SMILES string of the molecule is COc1c(C)cc(CCC2(O)CC2)cc1C. The molecule has 1 saturated carbocycles. The first-order valence-corrected chi connectivity index (χ1v) is 5.90. The van der Waals surface area contributed by atoms with Crippen LogP contribution in [0.3, 0.4) is 0 Å². The Morgan fingerprint density at radius 3 is 2.25 bits per heavy atom. The molecule has 88 valence electrons. The highest BCUT2D eigenvalue weighted by Crippen LogP contribution is 2.39. The molecule has 2 heteroatoms. The maximum Gasteiger partial charge on any atom is 0.124 e. The number of hydrogen-bond acceptors (Lipinski definition) is 2. The van der Waals surface area contributed by atoms with Crippen molar-refractivity contribution in [2.75, 3.05) is 7.11 Å². The number of hydrogen-bond donors (Lipinski definition) is 1. The van der Waals surface area contributed by atoms with Gasteiger partial charge in [0.2, 0.25) is 0 Å². The molecule has 0 saturated heterocycles. The summed E-state index contributed by atoms with van der Waals surface area (Å²) in [6, 6.07) is 4.33. The monoisotopic (exact) mass is 220 g/mol. The van der Waals surface area contributed by atoms with Crippen LogP contribution in [-0.4, -0.2) is 17.8 Å². The summed E-state index contributed by atoms with van der Waals surface area (Å²) in [6.07, 6.45) is 3.79. The van der Waals surface area contributed by atoms with Crippen molar-refractivity contribution < 1.29 is 9.84 Å². The highest BCUT2D eigenvalue weighted by Gasteiger charge is 2.39. The fourth-order valence-corrected chi connectivity index (χ4v) is 2.28. The van der Waals surface area contributed by atoms with E-state index >= 15 is 0 Å². The summed E-state index contributed by atoms with van der Waals surface area (Å²) in [5.74, 6) is 0.980. The predicted molar refractivity (Wildman–Crippen MR) is 65.0 cm³/mol. The molecule has 0 heterocycles. The third-order valence-electron chi connectivity index (χ3n) is 3.43. The summed E-state index contributed by atoms with van der Waals surface area (Å²) in [4.78, 5) is 0. The van der Waals surface area contributed by atoms with E-state index in [1.807, 2.05) is 0 Å². The Kier molecular flexibility index (Phi) is 2.94. The van der Waals surface area contributed by atoms with E-state index in [0.717, 1.165) is 31.4 Å². The largest absolute Gasteiger partial charge is 0.496 e. The summed E-state index contributed by atoms with van der Waals surface area (Å²) < 4.78 is 5.34. The van der Waals surface area contributed by atoms with E-state index in [2.05, 4.69) is 26.0 Å². The summed E-state index contributed by atoms with van der Waals surface area (Å²) in [7, 11) is 1.71. The third kappa shape index (κ3) is 2.38. The van der Waals surface area contributed by atoms with E-state index in [9.17, 15) is 5.11 Å². The fraction of sp³-hybridized carbons (Fsp3) is 0.571. The van der Waals surface area contributed by atoms with Crippen LogP contribution in [0.15, 0.2) is 12.1 Å². The van der Waals surface area contributed by atoms with Crippen molar-refractivity contribution in [1.29, 1.82) is 0 Å². The standard InChI is InChI=1S/C14H20O2/c1-10-8-12(4-5-14(15)6-7-14)9-11(2)13(10)16-3/h8-9,15H,4-7H2,1-3H3. The van der Waals surface area contributed by atoms with Gasteiger partial charge in [0, 0.05) is 0 Å². The van der Waals surface area contributed by atoms with Gasteiger partial charge >= 0.3 is 0 Å². The lowest BCUT2D eigenvalue weighted by Gasteiger charge is -2.12. The van der Waals surface area contributed by atoms with Crippen LogP contribution in [0.5, 0.6) is 5.75 Å². The van der Waals surface area contributed by atoms with E-state index in [1.165, 1.54) is 16.7 Å². The fourth-order valence-electron chi connectivity index (χ4n) is 2.28. The number of methoxy groups -OCH3 is 1. The zero-order valence-electron chi connectivity index (χ0n) is 10.3. The van der Waals surface area contributed by atoms with Gasteiger partial charge in [0.25, 0.3) is 0 Å². The Morgan fingerprint density at radius 2 is 1.81 bits per heavy atom. The highest BCUT2D eigenvalue weighted by atomic mass is 16.5. The Bertz CT molecular complexity index is 369. The average molecular weight is 220 g/mol. The molecule has 0 spiro atoms. The van der Waals surface area contributed by atoms with Crippen LogP contribution in [0.4, 0.5) is 0 Å². The Labute approximate surface area is 97.3 Å². The quantitative estimate of drug-likeness (QED) is 0.845. The van der Waals surface area contributed by atoms with Gasteiger partial charge in [0.15, 0.2) is 0 Å². The van der Waals surface area contributed by atoms with Crippen LogP contribution in [0.25, 0.3) is 0 Å². The zero-order chi connectivity index (χ0) is 11.8. The molecule has 1 aromatic rings. The van der Waals surface area contributed by atoms with Gasteiger partial charge in [0.05, 0.1) is 12.7 Å². The molecule has 2 nitrogen and oxygen atoms in total. The van der Waals surface area contributed by atoms with Crippen LogP contribution in [0.2, 0.25) is 0 Å². The van der Waals surface area contributed by atoms with Gasteiger partial charge in [-0.3, -0.25) is 0 Å². The summed E-state index contributed by atoms with van der Waals surface area (Å²) in [5.41, 5.74) is 3.32. The molecule has 1 aliphatic carbocycles. The second-order valence-electron chi connectivity index (χ2n) is 4.99. The number of aryl methyl sites for hydroxylation is 3. The molecule has 0 radical (unpaired) electrons. The number of benzene rings is 1. The molecular formula is C14H20O2. The molecule has 2 rings (SSSR count). The van der Waals surface area contributed by atoms with E-state index < -0.39 is 0 Å². The van der Waals surface area contributed by atoms with Crippen LogP contribution in [0.1, 0.15) is 36.0 Å². The van der Waals surface area contributed by atoms with Crippen molar-refractivity contribution in [2.45, 2.75) is 45.1 Å². The molecule has 0 amide bonds. The normalized spacial score (nSPS) is 17.2. The minimum absolute atomic E-state index is 0.345. The van der Waals surface area contributed by atoms with Crippen LogP contribution < -0.4 is 4.74 Å². The van der Waals surface area contributed by atoms with E-state index in [1.54, 1.807) is 7.11 Å². The molecular weight excluding hydrogens is 200 g/mol. The van der Waals surface area contributed by atoms with Crippen LogP contribution in [-0.2, 0) is 6.42 Å². The maximum atomic E-state index is 9.80. The molecule has 1 aromatic carbocycles. The van der Waals surface area contributed by atoms with E-state index in [0.29, 0.717) is 0 Å². The predicted octanol–water partition coefficient (Wildman–Crippen LogP) is 2.77. The number of aliphatic hydroxyl groups is 1. The average Bonchev–Trinajstić information content (AvgIpc) is 2.94. The summed E-state index contributed by atoms with van der Waals surface area (Å²) >= 11 is 0. The molecule has 0 bridgehead atoms. The number of rotatable bonds is 4. The van der Waals surface area contributed by atoms with E-state index in [-0.39, 0.29) is 5.60 Å². The Morgan fingerprint density at radius 1 is 1.25 bits per heavy atom. The molecule has 0 aliphatic heterocycles. The lowest BCUT2D eigenvalue weighted by Crippen LogP contribution is -2.08. The van der Waals surface area contributed by atoms with Crippen molar-refractivity contribution >= 4 is 0 Å². The number of ether oxygens (including phenoxy) is 1. The van der Waals surface area contributed by atoms with Gasteiger partial charge in [0.1, 0.15) is 5.75 Å². The maximum absolute atomic E-state index is 9.80. The van der Waals surface area contributed by atoms with Crippen molar-refractivity contribution in [3.05, 3.63) is 28.8 Å². The topological polar surface area (TPSA) is 29.5 Å². The first-order valence-electron chi connectivity index (χ1n) is 5.90. The van der Waals surface area contributed by atoms with Crippen LogP contribution >= 0.6 is 0 Å². The lowest BCUT2D eigenvalue weighted by atomic mass is 10.0. The molecule has 0 atom stereocenters. The van der Waals surface area contributed by atoms with Gasteiger partial charge < -0.3 is 9.84 Å². The molecule has 0 unspecified atom stereocenters. The minimum Gasteiger partial charge on any atom is -0.496 e. The van der Waals surface area contributed by atoms with Crippen molar-refractivity contribution in [1.82, 2.24) is 0 Å². The van der Waals surface area contributed by atoms with Crippen molar-refractivity contribution in [2.24, 2.45) is 0 Å². The third-order valence-corrected chi connectivity index (χ3v) is 3.43. The smallest absolute Gasteiger partial charge is 0.124 e. The Balaban J connectivity index is 2.10. The van der Waals surface area contributed by atoms with Gasteiger partial charge in [-0.2, -0.15) is 0 Å². The van der Waals surface area contributed by atoms with Gasteiger partial charge in [-0.15, -0.1) is 0 Å². The minimum atomic E-state index is -0.345. The first kappa shape index (κ1) is 11.5. The summed E-state index contributed by atoms with van der Waals surface area (Å²) in [6.45, 7) is 4.14. The van der Waals surface area contributed by atoms with Gasteiger partial charge in [-0.05, 0) is 56.2 Å². The first-order chi connectivity index (χ1) is 7.54. The lowest BCUT2D eigenvalue weighted by molar-refractivity contribution is 0.140. The van der Waals surface area contributed by atoms with Crippen LogP contribution in [0, 0.1) is 13.8 Å². The van der Waals surface area contributed by atoms with Gasteiger partial charge in [-0.1, -0.05) is 12.1 Å². The zero-order valence-corrected chi connectivity index (χ0v) is 10.3. The van der Waals surface area contributed by atoms with E-state index in [4.69, 9.17) is 4.74 Å². The second-order valence-corrected chi connectivity index (χ2v) is 4.99. The molecule has 0 aromatic heterocycles. The Hall–Kier alpha value is -1.02. The van der Waals surface area contributed by atoms with Crippen molar-refractivity contribution in [3.8, 4) is 5.75 Å². The van der Waals surface area contributed by atoms with Gasteiger partial charge in [-0.25, -0.2) is 0 Å². The summed E-state index contributed by atoms with van der Waals surface area (Å²) in [5, 5.41) is 9.80. The highest BCUT2D eigenvalue weighted by molar-refractivity contribution is 5.43. The molecule has 1 aliphatic rings. The molecule has 1 fully saturated rings. The second kappa shape index (κ2) is 4.10. The van der Waals surface area contributed by atoms with Crippen molar-refractivity contribution in [3.63, 3.8) is 0 Å². The molecule has 16 heavy (non-hydrogen) atoms.